The Balaban J connectivity index is 2.93. The number of nitrogens with zero attached hydrogens (tertiary/aromatic N) is 2. The molecule has 0 fully saturated rings. The molecule has 0 atom stereocenters. The summed E-state index contributed by atoms with van der Waals surface area (Å²) in [5.74, 6) is 0. The lowest BCUT2D eigenvalue weighted by Crippen LogP contribution is -1.81. The average molecular weight is 173 g/mol. The summed E-state index contributed by atoms with van der Waals surface area (Å²) < 4.78 is 2.58. The van der Waals surface area contributed by atoms with Gasteiger partial charge in [-0.1, -0.05) is 6.58 Å². The number of imidazole rings is 1. The predicted octanol–water partition coefficient (Wildman–Crippen LogP) is 1.71. The summed E-state index contributed by atoms with van der Waals surface area (Å²) in [6.07, 6.45) is 5.20. The van der Waals surface area contributed by atoms with Crippen LogP contribution < -0.4 is 0 Å². The fraction of sp³-hybridized carbons (Fsp3) is 0. The van der Waals surface area contributed by atoms with Crippen LogP contribution >= 0.6 is 15.9 Å². The smallest absolute Gasteiger partial charge is 0.0995 e. The third-order valence-electron chi connectivity index (χ3n) is 0.785. The fourth-order valence-corrected chi connectivity index (χ4v) is 0.612. The molecule has 0 bridgehead atoms. The maximum absolute atomic E-state index is 3.82. The minimum absolute atomic E-state index is 0.801. The molecule has 0 amide bonds. The molecule has 8 heavy (non-hydrogen) atoms. The Morgan fingerprint density at radius 1 is 1.75 bits per heavy atom. The van der Waals surface area contributed by atoms with Crippen molar-refractivity contribution in [3.8, 4) is 0 Å². The third-order valence-corrected chi connectivity index (χ3v) is 1.19. The van der Waals surface area contributed by atoms with Gasteiger partial charge in [0.1, 0.15) is 0 Å². The summed E-state index contributed by atoms with van der Waals surface area (Å²) in [5, 5.41) is 0. The zero-order valence-electron chi connectivity index (χ0n) is 4.21. The van der Waals surface area contributed by atoms with E-state index in [1.54, 1.807) is 17.1 Å². The molecule has 42 valence electrons. The van der Waals surface area contributed by atoms with Crippen molar-refractivity contribution in [1.29, 1.82) is 0 Å². The van der Waals surface area contributed by atoms with Crippen molar-refractivity contribution < 1.29 is 0 Å². The van der Waals surface area contributed by atoms with Crippen LogP contribution in [0.15, 0.2) is 25.3 Å². The van der Waals surface area contributed by atoms with Gasteiger partial charge in [0.05, 0.1) is 10.9 Å². The van der Waals surface area contributed by atoms with E-state index in [1.807, 2.05) is 6.20 Å². The van der Waals surface area contributed by atoms with E-state index in [0.717, 1.165) is 4.61 Å². The zero-order chi connectivity index (χ0) is 5.98. The van der Waals surface area contributed by atoms with Gasteiger partial charge in [0, 0.05) is 12.4 Å². The fourth-order valence-electron chi connectivity index (χ4n) is 0.403. The van der Waals surface area contributed by atoms with Gasteiger partial charge in [0.15, 0.2) is 0 Å². The van der Waals surface area contributed by atoms with E-state index < -0.39 is 0 Å². The normalized spacial score (nSPS) is 9.12. The molecule has 0 N–H and O–H groups in total. The molecule has 3 heteroatoms. The summed E-state index contributed by atoms with van der Waals surface area (Å²) in [5.41, 5.74) is 0. The molecular formula is C5H5BrN2. The Kier molecular flexibility index (Phi) is 1.48. The first-order valence-corrected chi connectivity index (χ1v) is 2.93. The van der Waals surface area contributed by atoms with Gasteiger partial charge in [0.2, 0.25) is 0 Å². The van der Waals surface area contributed by atoms with Crippen molar-refractivity contribution in [3.63, 3.8) is 0 Å². The van der Waals surface area contributed by atoms with Crippen LogP contribution in [0.1, 0.15) is 0 Å². The first kappa shape index (κ1) is 5.56. The highest BCUT2D eigenvalue weighted by molar-refractivity contribution is 9.14. The van der Waals surface area contributed by atoms with Crippen molar-refractivity contribution in [1.82, 2.24) is 9.55 Å². The molecule has 0 radical (unpaired) electrons. The van der Waals surface area contributed by atoms with Crippen molar-refractivity contribution >= 4 is 20.5 Å². The van der Waals surface area contributed by atoms with Crippen LogP contribution in [0.4, 0.5) is 0 Å². The third kappa shape index (κ3) is 0.980. The van der Waals surface area contributed by atoms with E-state index in [-0.39, 0.29) is 0 Å². The maximum Gasteiger partial charge on any atom is 0.0995 e. The second-order valence-electron chi connectivity index (χ2n) is 1.35. The largest absolute Gasteiger partial charge is 0.301 e. The van der Waals surface area contributed by atoms with Crippen molar-refractivity contribution in [2.24, 2.45) is 0 Å². The molecular weight excluding hydrogens is 168 g/mol. The monoisotopic (exact) mass is 172 g/mol. The van der Waals surface area contributed by atoms with E-state index in [0.29, 0.717) is 0 Å². The molecule has 0 saturated carbocycles. The number of aromatic nitrogens is 2. The predicted molar refractivity (Wildman–Crippen MR) is 36.5 cm³/mol. The van der Waals surface area contributed by atoms with Gasteiger partial charge >= 0.3 is 0 Å². The topological polar surface area (TPSA) is 17.8 Å². The SMILES string of the molecule is C=C(Br)n1ccnc1. The van der Waals surface area contributed by atoms with E-state index in [9.17, 15) is 0 Å². The highest BCUT2D eigenvalue weighted by Crippen LogP contribution is 2.06. The lowest BCUT2D eigenvalue weighted by molar-refractivity contribution is 1.13. The van der Waals surface area contributed by atoms with Crippen molar-refractivity contribution in [2.45, 2.75) is 0 Å². The van der Waals surface area contributed by atoms with Crippen LogP contribution in [0.3, 0.4) is 0 Å². The second-order valence-corrected chi connectivity index (χ2v) is 2.26. The van der Waals surface area contributed by atoms with Crippen LogP contribution in [0, 0.1) is 0 Å². The average Bonchev–Trinajstić information content (AvgIpc) is 2.12. The number of halogens is 1. The van der Waals surface area contributed by atoms with Crippen LogP contribution in [0.2, 0.25) is 0 Å². The Bertz CT molecular complexity index is 178. The van der Waals surface area contributed by atoms with Gasteiger partial charge in [-0.2, -0.15) is 0 Å². The molecule has 0 unspecified atom stereocenters. The Hall–Kier alpha value is -0.570. The molecule has 1 rings (SSSR count). The van der Waals surface area contributed by atoms with E-state index in [4.69, 9.17) is 0 Å². The van der Waals surface area contributed by atoms with Crippen LogP contribution in [0.5, 0.6) is 0 Å². The van der Waals surface area contributed by atoms with E-state index in [2.05, 4.69) is 27.5 Å². The van der Waals surface area contributed by atoms with Gasteiger partial charge < -0.3 is 4.57 Å². The molecule has 1 heterocycles. The van der Waals surface area contributed by atoms with Gasteiger partial charge in [-0.25, -0.2) is 4.98 Å². The molecule has 0 aliphatic rings. The Morgan fingerprint density at radius 3 is 2.75 bits per heavy atom. The lowest BCUT2D eigenvalue weighted by Gasteiger charge is -1.91. The summed E-state index contributed by atoms with van der Waals surface area (Å²) in [7, 11) is 0. The zero-order valence-corrected chi connectivity index (χ0v) is 5.80. The molecule has 2 nitrogen and oxygen atoms in total. The molecule has 0 aromatic carbocycles. The first-order valence-electron chi connectivity index (χ1n) is 2.13. The van der Waals surface area contributed by atoms with Crippen LogP contribution in [-0.2, 0) is 0 Å². The van der Waals surface area contributed by atoms with E-state index in [1.165, 1.54) is 0 Å². The van der Waals surface area contributed by atoms with Crippen LogP contribution in [-0.4, -0.2) is 9.55 Å². The highest BCUT2D eigenvalue weighted by atomic mass is 79.9. The highest BCUT2D eigenvalue weighted by Gasteiger charge is 1.85. The Morgan fingerprint density at radius 2 is 2.50 bits per heavy atom. The minimum Gasteiger partial charge on any atom is -0.301 e. The van der Waals surface area contributed by atoms with Gasteiger partial charge in [-0.05, 0) is 15.9 Å². The summed E-state index contributed by atoms with van der Waals surface area (Å²) in [6, 6.07) is 0. The molecule has 0 aliphatic carbocycles. The Labute approximate surface area is 56.0 Å². The first-order chi connectivity index (χ1) is 3.80. The lowest BCUT2D eigenvalue weighted by atomic mass is 10.9. The molecule has 0 aliphatic heterocycles. The quantitative estimate of drug-likeness (QED) is 0.631. The summed E-state index contributed by atoms with van der Waals surface area (Å²) in [6.45, 7) is 3.64. The summed E-state index contributed by atoms with van der Waals surface area (Å²) >= 11 is 3.19. The minimum atomic E-state index is 0.801. The molecule has 0 spiro atoms. The molecule has 1 aromatic heterocycles. The molecule has 0 saturated heterocycles. The van der Waals surface area contributed by atoms with Gasteiger partial charge in [0.25, 0.3) is 0 Å². The van der Waals surface area contributed by atoms with E-state index >= 15 is 0 Å². The standard InChI is InChI=1S/C5H5BrN2/c1-5(6)8-3-2-7-4-8/h2-4H,1H2. The van der Waals surface area contributed by atoms with Gasteiger partial charge in [-0.15, -0.1) is 0 Å². The van der Waals surface area contributed by atoms with Crippen molar-refractivity contribution in [2.75, 3.05) is 0 Å². The summed E-state index contributed by atoms with van der Waals surface area (Å²) in [4.78, 5) is 3.82. The van der Waals surface area contributed by atoms with Crippen LogP contribution in [0.25, 0.3) is 4.61 Å². The number of hydrogen-bond acceptors (Lipinski definition) is 1. The molecule has 1 aromatic rings. The number of hydrogen-bond donors (Lipinski definition) is 0. The van der Waals surface area contributed by atoms with Crippen molar-refractivity contribution in [3.05, 3.63) is 25.3 Å². The maximum atomic E-state index is 3.82. The second kappa shape index (κ2) is 2.13. The number of rotatable bonds is 1. The van der Waals surface area contributed by atoms with Gasteiger partial charge in [-0.3, -0.25) is 0 Å².